The predicted molar refractivity (Wildman–Crippen MR) is 83.5 cm³/mol. The van der Waals surface area contributed by atoms with Crippen molar-refractivity contribution < 1.29 is 9.36 Å². The monoisotopic (exact) mass is 290 g/mol. The van der Waals surface area contributed by atoms with Crippen LogP contribution in [0.2, 0.25) is 0 Å². The van der Waals surface area contributed by atoms with Crippen LogP contribution in [0.25, 0.3) is 0 Å². The number of carbonyl (C=O) groups is 1. The third-order valence-corrected chi connectivity index (χ3v) is 3.39. The zero-order valence-electron chi connectivity index (χ0n) is 14.0. The van der Waals surface area contributed by atoms with Crippen molar-refractivity contribution in [1.82, 2.24) is 9.78 Å². The highest BCUT2D eigenvalue weighted by molar-refractivity contribution is 5.84. The number of hydrogen-bond donors (Lipinski definition) is 0. The Balaban J connectivity index is 2.77. The summed E-state index contributed by atoms with van der Waals surface area (Å²) in [5, 5.41) is 4.31. The lowest BCUT2D eigenvalue weighted by molar-refractivity contribution is -0.584. The summed E-state index contributed by atoms with van der Waals surface area (Å²) in [7, 11) is 0. The van der Waals surface area contributed by atoms with Gasteiger partial charge < -0.3 is 0 Å². The van der Waals surface area contributed by atoms with Gasteiger partial charge in [0.15, 0.2) is 11.8 Å². The SMILES string of the molecule is CCCC(C(=O)C(C)C)n1c[n+](C#CCCC(C)C)cn1. The largest absolute Gasteiger partial charge is 0.295 e. The number of hydrogen-bond acceptors (Lipinski definition) is 2. The molecule has 1 heterocycles. The standard InChI is InChI=1S/C17H28N3O/c1-6-9-16(17(21)15(4)5)20-13-19(12-18-20)11-8-7-10-14(2)3/h12-16H,6-7,9-10H2,1-5H3/q+1. The van der Waals surface area contributed by atoms with E-state index in [4.69, 9.17) is 0 Å². The van der Waals surface area contributed by atoms with Crippen molar-refractivity contribution in [3.8, 4) is 12.0 Å². The first-order chi connectivity index (χ1) is 9.95. The summed E-state index contributed by atoms with van der Waals surface area (Å²) in [5.41, 5.74) is 0. The second-order valence-corrected chi connectivity index (χ2v) is 6.22. The molecule has 1 aromatic heterocycles. The average Bonchev–Trinajstić information content (AvgIpc) is 2.88. The molecule has 0 fully saturated rings. The van der Waals surface area contributed by atoms with E-state index < -0.39 is 0 Å². The number of ketones is 1. The van der Waals surface area contributed by atoms with Crippen LogP contribution in [0.4, 0.5) is 0 Å². The molecular formula is C17H28N3O+. The normalized spacial score (nSPS) is 12.3. The quantitative estimate of drug-likeness (QED) is 0.572. The maximum Gasteiger partial charge on any atom is 0.278 e. The molecule has 0 amide bonds. The Morgan fingerprint density at radius 3 is 2.57 bits per heavy atom. The number of Topliss-reactive ketones (excluding diaryl/α,β-unsaturated/α-hetero) is 1. The highest BCUT2D eigenvalue weighted by Gasteiger charge is 2.27. The molecule has 0 aliphatic carbocycles. The fourth-order valence-electron chi connectivity index (χ4n) is 2.09. The lowest BCUT2D eigenvalue weighted by atomic mass is 9.98. The summed E-state index contributed by atoms with van der Waals surface area (Å²) in [5.74, 6) is 4.08. The molecule has 4 nitrogen and oxygen atoms in total. The minimum Gasteiger partial charge on any atom is -0.295 e. The first-order valence-electron chi connectivity index (χ1n) is 7.93. The molecular weight excluding hydrogens is 262 g/mol. The van der Waals surface area contributed by atoms with E-state index in [1.807, 2.05) is 20.2 Å². The van der Waals surface area contributed by atoms with Gasteiger partial charge in [-0.05, 0) is 18.8 Å². The highest BCUT2D eigenvalue weighted by Crippen LogP contribution is 2.17. The molecule has 0 aliphatic rings. The van der Waals surface area contributed by atoms with Crippen molar-refractivity contribution in [2.75, 3.05) is 0 Å². The number of aromatic nitrogens is 3. The molecule has 0 saturated carbocycles. The summed E-state index contributed by atoms with van der Waals surface area (Å²) in [4.78, 5) is 12.3. The first kappa shape index (κ1) is 17.4. The zero-order chi connectivity index (χ0) is 15.8. The van der Waals surface area contributed by atoms with Crippen LogP contribution in [-0.4, -0.2) is 15.6 Å². The number of rotatable bonds is 7. The van der Waals surface area contributed by atoms with Crippen LogP contribution in [0.5, 0.6) is 0 Å². The minimum absolute atomic E-state index is 0.0244. The lowest BCUT2D eigenvalue weighted by Crippen LogP contribution is -2.28. The lowest BCUT2D eigenvalue weighted by Gasteiger charge is -2.11. The Hall–Kier alpha value is -1.63. The van der Waals surface area contributed by atoms with Crippen molar-refractivity contribution in [1.29, 1.82) is 0 Å². The van der Waals surface area contributed by atoms with Gasteiger partial charge in [0.25, 0.3) is 6.33 Å². The Morgan fingerprint density at radius 1 is 1.29 bits per heavy atom. The van der Waals surface area contributed by atoms with E-state index in [0.29, 0.717) is 5.92 Å². The average molecular weight is 290 g/mol. The molecule has 1 aromatic rings. The Labute approximate surface area is 128 Å². The van der Waals surface area contributed by atoms with Crippen molar-refractivity contribution in [3.63, 3.8) is 0 Å². The van der Waals surface area contributed by atoms with Crippen molar-refractivity contribution in [2.24, 2.45) is 11.8 Å². The van der Waals surface area contributed by atoms with Gasteiger partial charge in [-0.1, -0.05) is 47.0 Å². The molecule has 116 valence electrons. The molecule has 0 spiro atoms. The van der Waals surface area contributed by atoms with E-state index in [1.165, 1.54) is 0 Å². The van der Waals surface area contributed by atoms with Gasteiger partial charge >= 0.3 is 0 Å². The highest BCUT2D eigenvalue weighted by atomic mass is 16.1. The maximum absolute atomic E-state index is 12.3. The van der Waals surface area contributed by atoms with E-state index in [0.717, 1.165) is 25.7 Å². The molecule has 4 heteroatoms. The topological polar surface area (TPSA) is 38.8 Å². The third-order valence-electron chi connectivity index (χ3n) is 3.39. The zero-order valence-corrected chi connectivity index (χ0v) is 14.0. The van der Waals surface area contributed by atoms with Crippen LogP contribution < -0.4 is 4.57 Å². The molecule has 0 saturated heterocycles. The van der Waals surface area contributed by atoms with Crippen LogP contribution in [0.3, 0.4) is 0 Å². The van der Waals surface area contributed by atoms with Gasteiger partial charge in [-0.3, -0.25) is 4.79 Å². The van der Waals surface area contributed by atoms with Crippen molar-refractivity contribution in [3.05, 3.63) is 12.7 Å². The summed E-state index contributed by atoms with van der Waals surface area (Å²) in [6, 6.07) is 2.89. The van der Waals surface area contributed by atoms with Gasteiger partial charge in [0, 0.05) is 17.4 Å². The Kier molecular flexibility index (Phi) is 7.14. The van der Waals surface area contributed by atoms with E-state index in [1.54, 1.807) is 15.6 Å². The van der Waals surface area contributed by atoms with Gasteiger partial charge in [-0.25, -0.2) is 0 Å². The summed E-state index contributed by atoms with van der Waals surface area (Å²) in [6.07, 6.45) is 7.27. The summed E-state index contributed by atoms with van der Waals surface area (Å²) < 4.78 is 3.50. The van der Waals surface area contributed by atoms with Gasteiger partial charge in [0.2, 0.25) is 6.33 Å². The molecule has 0 radical (unpaired) electrons. The second kappa shape index (κ2) is 8.61. The van der Waals surface area contributed by atoms with Crippen LogP contribution in [-0.2, 0) is 4.79 Å². The van der Waals surface area contributed by atoms with E-state index in [-0.39, 0.29) is 17.7 Å². The smallest absolute Gasteiger partial charge is 0.278 e. The van der Waals surface area contributed by atoms with Gasteiger partial charge in [-0.2, -0.15) is 4.57 Å². The number of nitrogens with zero attached hydrogens (tertiary/aromatic N) is 3. The van der Waals surface area contributed by atoms with Crippen LogP contribution >= 0.6 is 0 Å². The molecule has 0 bridgehead atoms. The summed E-state index contributed by atoms with van der Waals surface area (Å²) in [6.45, 7) is 10.4. The van der Waals surface area contributed by atoms with Crippen LogP contribution in [0, 0.1) is 23.8 Å². The molecule has 0 N–H and O–H groups in total. The van der Waals surface area contributed by atoms with Crippen LogP contribution in [0.15, 0.2) is 12.7 Å². The fourth-order valence-corrected chi connectivity index (χ4v) is 2.09. The van der Waals surface area contributed by atoms with Gasteiger partial charge in [-0.15, -0.1) is 4.68 Å². The Bertz CT molecular complexity index is 506. The van der Waals surface area contributed by atoms with E-state index >= 15 is 0 Å². The molecule has 1 unspecified atom stereocenters. The molecule has 0 aliphatic heterocycles. The maximum atomic E-state index is 12.3. The van der Waals surface area contributed by atoms with Gasteiger partial charge in [0.05, 0.1) is 6.04 Å². The predicted octanol–water partition coefficient (Wildman–Crippen LogP) is 2.98. The molecule has 21 heavy (non-hydrogen) atoms. The summed E-state index contributed by atoms with van der Waals surface area (Å²) >= 11 is 0. The third kappa shape index (κ3) is 5.71. The van der Waals surface area contributed by atoms with Crippen molar-refractivity contribution in [2.45, 2.75) is 66.3 Å². The van der Waals surface area contributed by atoms with E-state index in [2.05, 4.69) is 37.8 Å². The van der Waals surface area contributed by atoms with Gasteiger partial charge in [0.1, 0.15) is 0 Å². The molecule has 1 rings (SSSR count). The first-order valence-corrected chi connectivity index (χ1v) is 7.93. The molecule has 0 aromatic carbocycles. The van der Waals surface area contributed by atoms with Crippen LogP contribution in [0.1, 0.15) is 66.3 Å². The number of carbonyl (C=O) groups excluding carboxylic acids is 1. The van der Waals surface area contributed by atoms with E-state index in [9.17, 15) is 4.79 Å². The second-order valence-electron chi connectivity index (χ2n) is 6.22. The van der Waals surface area contributed by atoms with Crippen molar-refractivity contribution >= 4 is 5.78 Å². The fraction of sp³-hybridized carbons (Fsp3) is 0.706. The molecule has 1 atom stereocenters. The Morgan fingerprint density at radius 2 is 2.00 bits per heavy atom. The minimum atomic E-state index is -0.172.